The number of ether oxygens (including phenoxy) is 1. The van der Waals surface area contributed by atoms with Crippen molar-refractivity contribution in [3.05, 3.63) is 42.0 Å². The predicted octanol–water partition coefficient (Wildman–Crippen LogP) is 3.74. The van der Waals surface area contributed by atoms with Crippen molar-refractivity contribution in [3.63, 3.8) is 0 Å². The van der Waals surface area contributed by atoms with Crippen molar-refractivity contribution in [2.24, 2.45) is 0 Å². The molecule has 0 unspecified atom stereocenters. The summed E-state index contributed by atoms with van der Waals surface area (Å²) in [5.74, 6) is -5.12. The second kappa shape index (κ2) is 8.87. The Bertz CT molecular complexity index is 1480. The number of hydrogen-bond donors (Lipinski definition) is 1. The predicted molar refractivity (Wildman–Crippen MR) is 125 cm³/mol. The Morgan fingerprint density at radius 3 is 2.59 bits per heavy atom. The van der Waals surface area contributed by atoms with Gasteiger partial charge in [-0.15, -0.1) is 0 Å². The van der Waals surface area contributed by atoms with Crippen LogP contribution < -0.4 is 14.4 Å². The minimum Gasteiger partial charge on any atom is -0.494 e. The number of nitrogens with zero attached hydrogens (tertiary/aromatic N) is 3. The number of amides is 2. The highest BCUT2D eigenvalue weighted by molar-refractivity contribution is 7.88. The van der Waals surface area contributed by atoms with E-state index in [1.54, 1.807) is 6.92 Å². The molecular formula is C23H22F4N4O5S. The maximum absolute atomic E-state index is 15.0. The number of halogens is 4. The lowest BCUT2D eigenvalue weighted by Crippen LogP contribution is -2.56. The van der Waals surface area contributed by atoms with E-state index in [2.05, 4.69) is 5.16 Å². The van der Waals surface area contributed by atoms with Crippen LogP contribution in [0.5, 0.6) is 5.75 Å². The molecule has 2 fully saturated rings. The van der Waals surface area contributed by atoms with Crippen LogP contribution in [0.4, 0.5) is 28.2 Å². The van der Waals surface area contributed by atoms with Crippen LogP contribution in [0.3, 0.4) is 0 Å². The van der Waals surface area contributed by atoms with Crippen molar-refractivity contribution in [1.29, 1.82) is 0 Å². The number of rotatable bonds is 6. The van der Waals surface area contributed by atoms with Crippen molar-refractivity contribution in [2.45, 2.75) is 31.4 Å². The minimum absolute atomic E-state index is 0.00564. The van der Waals surface area contributed by atoms with Crippen molar-refractivity contribution in [3.8, 4) is 16.9 Å². The first-order valence-electron chi connectivity index (χ1n) is 11.4. The van der Waals surface area contributed by atoms with Crippen LogP contribution in [-0.2, 0) is 10.0 Å². The van der Waals surface area contributed by atoms with E-state index in [-0.39, 0.29) is 47.7 Å². The van der Waals surface area contributed by atoms with Gasteiger partial charge in [0.1, 0.15) is 29.5 Å². The lowest BCUT2D eigenvalue weighted by molar-refractivity contribution is -0.0448. The van der Waals surface area contributed by atoms with Crippen LogP contribution in [-0.4, -0.2) is 68.5 Å². The lowest BCUT2D eigenvalue weighted by Gasteiger charge is -2.37. The van der Waals surface area contributed by atoms with E-state index in [1.165, 1.54) is 18.2 Å². The van der Waals surface area contributed by atoms with E-state index in [4.69, 9.17) is 9.26 Å². The van der Waals surface area contributed by atoms with Crippen LogP contribution >= 0.6 is 0 Å². The van der Waals surface area contributed by atoms with Crippen LogP contribution in [0.2, 0.25) is 0 Å². The Kier molecular flexibility index (Phi) is 6.06. The number of hydrogen-bond acceptors (Lipinski definition) is 6. The van der Waals surface area contributed by atoms with Gasteiger partial charge in [0, 0.05) is 24.7 Å². The Labute approximate surface area is 209 Å². The van der Waals surface area contributed by atoms with E-state index in [1.807, 2.05) is 4.72 Å². The van der Waals surface area contributed by atoms with Gasteiger partial charge in [0.25, 0.3) is 5.92 Å². The molecule has 2 aliphatic heterocycles. The number of carbonyl (C=O) groups excluding carboxylic acids is 1. The third-order valence-corrected chi connectivity index (χ3v) is 7.16. The SMILES string of the molecule is CCOc1cc(-c2c(F)cccc2F)c2c(N3CC[C@H]4N(C[C@@H](NS(C)(=O)=O)C4(F)F)C3=O)noc2c1. The maximum Gasteiger partial charge on any atom is 0.326 e. The fourth-order valence-corrected chi connectivity index (χ4v) is 5.68. The average Bonchev–Trinajstić information content (AvgIpc) is 3.32. The second-order valence-electron chi connectivity index (χ2n) is 8.89. The van der Waals surface area contributed by atoms with Gasteiger partial charge in [-0.3, -0.25) is 4.90 Å². The third-order valence-electron chi connectivity index (χ3n) is 6.45. The fraction of sp³-hybridized carbons (Fsp3) is 0.391. The molecule has 1 aromatic heterocycles. The molecule has 2 aliphatic rings. The summed E-state index contributed by atoms with van der Waals surface area (Å²) in [7, 11) is -3.97. The Morgan fingerprint density at radius 1 is 1.24 bits per heavy atom. The molecular weight excluding hydrogens is 520 g/mol. The first kappa shape index (κ1) is 25.3. The Balaban J connectivity index is 1.60. The number of anilines is 1. The highest BCUT2D eigenvalue weighted by Gasteiger charge is 2.60. The Morgan fingerprint density at radius 2 is 1.95 bits per heavy atom. The van der Waals surface area contributed by atoms with E-state index in [9.17, 15) is 30.8 Å². The quantitative estimate of drug-likeness (QED) is 0.476. The van der Waals surface area contributed by atoms with E-state index >= 15 is 0 Å². The van der Waals surface area contributed by atoms with Crippen molar-refractivity contribution >= 4 is 32.8 Å². The molecule has 1 N–H and O–H groups in total. The molecule has 2 aromatic carbocycles. The molecule has 37 heavy (non-hydrogen) atoms. The monoisotopic (exact) mass is 542 g/mol. The lowest BCUT2D eigenvalue weighted by atomic mass is 9.99. The summed E-state index contributed by atoms with van der Waals surface area (Å²) in [6.45, 7) is 1.19. The highest BCUT2D eigenvalue weighted by Crippen LogP contribution is 2.44. The number of alkyl halides is 2. The van der Waals surface area contributed by atoms with Gasteiger partial charge in [-0.1, -0.05) is 11.2 Å². The normalized spacial score (nSPS) is 21.5. The molecule has 3 aromatic rings. The zero-order valence-electron chi connectivity index (χ0n) is 19.7. The summed E-state index contributed by atoms with van der Waals surface area (Å²) < 4.78 is 95.6. The Hall–Kier alpha value is -3.39. The molecule has 0 bridgehead atoms. The number of fused-ring (bicyclic) bond motifs is 2. The molecule has 2 atom stereocenters. The van der Waals surface area contributed by atoms with Crippen molar-refractivity contribution in [1.82, 2.24) is 14.8 Å². The molecule has 2 amide bonds. The molecule has 0 spiro atoms. The van der Waals surface area contributed by atoms with Crippen LogP contribution in [0.15, 0.2) is 34.9 Å². The summed E-state index contributed by atoms with van der Waals surface area (Å²) in [5.41, 5.74) is -0.325. The molecule has 0 saturated carbocycles. The number of aromatic nitrogens is 1. The van der Waals surface area contributed by atoms with Gasteiger partial charge in [0.15, 0.2) is 11.4 Å². The van der Waals surface area contributed by atoms with Crippen molar-refractivity contribution in [2.75, 3.05) is 30.9 Å². The van der Waals surface area contributed by atoms with Crippen LogP contribution in [0.25, 0.3) is 22.1 Å². The molecule has 2 saturated heterocycles. The molecule has 3 heterocycles. The number of carbonyl (C=O) groups is 1. The first-order valence-corrected chi connectivity index (χ1v) is 13.3. The highest BCUT2D eigenvalue weighted by atomic mass is 32.2. The molecule has 198 valence electrons. The van der Waals surface area contributed by atoms with Gasteiger partial charge >= 0.3 is 6.03 Å². The standard InChI is InChI=1S/C23H22F4N4O5S/c1-3-35-12-9-13(19-14(24)5-4-6-15(19)25)20-16(10-12)36-28-21(20)30-8-7-18-23(26,27)17(29-37(2,33)34)11-31(18)22(30)32/h4-6,9-10,17-18,29H,3,7-8,11H2,1-2H3/t17-,18-/m1/s1. The van der Waals surface area contributed by atoms with Crippen molar-refractivity contribution < 1.29 is 40.0 Å². The van der Waals surface area contributed by atoms with E-state index in [0.717, 1.165) is 28.2 Å². The summed E-state index contributed by atoms with van der Waals surface area (Å²) in [5, 5.41) is 4.04. The summed E-state index contributed by atoms with van der Waals surface area (Å²) in [6, 6.07) is 1.98. The second-order valence-corrected chi connectivity index (χ2v) is 10.7. The van der Waals surface area contributed by atoms with Gasteiger partial charge in [0.05, 0.1) is 23.8 Å². The smallest absolute Gasteiger partial charge is 0.326 e. The number of sulfonamides is 1. The van der Waals surface area contributed by atoms with Gasteiger partial charge in [0.2, 0.25) is 10.0 Å². The summed E-state index contributed by atoms with van der Waals surface area (Å²) in [4.78, 5) is 15.4. The van der Waals surface area contributed by atoms with Gasteiger partial charge in [-0.2, -0.15) is 0 Å². The van der Waals surface area contributed by atoms with E-state index in [0.29, 0.717) is 0 Å². The molecule has 9 nitrogen and oxygen atoms in total. The zero-order valence-corrected chi connectivity index (χ0v) is 20.5. The van der Waals surface area contributed by atoms with Gasteiger partial charge < -0.3 is 14.2 Å². The van der Waals surface area contributed by atoms with Crippen LogP contribution in [0, 0.1) is 11.6 Å². The number of benzene rings is 2. The minimum atomic E-state index is -3.97. The fourth-order valence-electron chi connectivity index (χ4n) is 4.94. The zero-order chi connectivity index (χ0) is 26.7. The molecule has 5 rings (SSSR count). The van der Waals surface area contributed by atoms with Gasteiger partial charge in [-0.25, -0.2) is 35.5 Å². The number of urea groups is 1. The van der Waals surface area contributed by atoms with E-state index < -0.39 is 57.8 Å². The average molecular weight is 543 g/mol. The summed E-state index contributed by atoms with van der Waals surface area (Å²) in [6.07, 6.45) is 0.547. The van der Waals surface area contributed by atoms with Crippen LogP contribution in [0.1, 0.15) is 13.3 Å². The van der Waals surface area contributed by atoms with Gasteiger partial charge in [-0.05, 0) is 31.5 Å². The summed E-state index contributed by atoms with van der Waals surface area (Å²) >= 11 is 0. The third kappa shape index (κ3) is 4.27. The molecule has 0 radical (unpaired) electrons. The molecule has 0 aliphatic carbocycles. The maximum atomic E-state index is 15.0. The first-order chi connectivity index (χ1) is 17.4. The largest absolute Gasteiger partial charge is 0.494 e. The molecule has 14 heteroatoms. The topological polar surface area (TPSA) is 105 Å². The number of nitrogens with one attached hydrogen (secondary N) is 1.